The molecule has 0 unspecified atom stereocenters. The highest BCUT2D eigenvalue weighted by atomic mass is 16.4. The first-order chi connectivity index (χ1) is 11.1. The molecule has 0 spiro atoms. The number of aromatic nitrogens is 1. The Bertz CT molecular complexity index is 840. The molecule has 0 bridgehead atoms. The SMILES string of the molecule is O=C(O)C[C@H](NC(=O)c1cccc2cc[nH]c12)c1ccccc1. The molecule has 23 heavy (non-hydrogen) atoms. The zero-order valence-corrected chi connectivity index (χ0v) is 12.3. The Morgan fingerprint density at radius 3 is 2.57 bits per heavy atom. The van der Waals surface area contributed by atoms with Crippen LogP contribution < -0.4 is 5.32 Å². The molecule has 3 aromatic rings. The van der Waals surface area contributed by atoms with E-state index in [4.69, 9.17) is 5.11 Å². The quantitative estimate of drug-likeness (QED) is 0.677. The van der Waals surface area contributed by atoms with Crippen molar-refractivity contribution in [3.63, 3.8) is 0 Å². The minimum atomic E-state index is -0.961. The lowest BCUT2D eigenvalue weighted by Crippen LogP contribution is -2.30. The van der Waals surface area contributed by atoms with Crippen LogP contribution in [0.3, 0.4) is 0 Å². The molecule has 5 nitrogen and oxygen atoms in total. The Morgan fingerprint density at radius 2 is 1.83 bits per heavy atom. The third-order valence-electron chi connectivity index (χ3n) is 3.72. The van der Waals surface area contributed by atoms with Crippen LogP contribution in [0.1, 0.15) is 28.4 Å². The molecule has 0 aliphatic rings. The van der Waals surface area contributed by atoms with Crippen molar-refractivity contribution in [1.29, 1.82) is 0 Å². The molecule has 116 valence electrons. The minimum absolute atomic E-state index is 0.170. The summed E-state index contributed by atoms with van der Waals surface area (Å²) in [5.74, 6) is -1.26. The lowest BCUT2D eigenvalue weighted by molar-refractivity contribution is -0.137. The number of nitrogens with one attached hydrogen (secondary N) is 2. The summed E-state index contributed by atoms with van der Waals surface area (Å²) in [5.41, 5.74) is 2.01. The standard InChI is InChI=1S/C18H16N2O3/c21-16(22)11-15(12-5-2-1-3-6-12)20-18(23)14-8-4-7-13-9-10-19-17(13)14/h1-10,15,19H,11H2,(H,20,23)(H,21,22)/t15-/m0/s1. The maximum absolute atomic E-state index is 12.6. The number of hydrogen-bond acceptors (Lipinski definition) is 2. The van der Waals surface area contributed by atoms with E-state index in [-0.39, 0.29) is 12.3 Å². The van der Waals surface area contributed by atoms with Crippen molar-refractivity contribution < 1.29 is 14.7 Å². The van der Waals surface area contributed by atoms with Crippen LogP contribution in [0.15, 0.2) is 60.8 Å². The summed E-state index contributed by atoms with van der Waals surface area (Å²) >= 11 is 0. The topological polar surface area (TPSA) is 82.2 Å². The highest BCUT2D eigenvalue weighted by Crippen LogP contribution is 2.20. The van der Waals surface area contributed by atoms with Crippen molar-refractivity contribution in [2.75, 3.05) is 0 Å². The van der Waals surface area contributed by atoms with Gasteiger partial charge in [-0.1, -0.05) is 42.5 Å². The van der Waals surface area contributed by atoms with Gasteiger partial charge in [-0.05, 0) is 17.7 Å². The van der Waals surface area contributed by atoms with Crippen LogP contribution >= 0.6 is 0 Å². The maximum Gasteiger partial charge on any atom is 0.305 e. The zero-order valence-electron chi connectivity index (χ0n) is 12.3. The van der Waals surface area contributed by atoms with Gasteiger partial charge in [0.25, 0.3) is 5.91 Å². The van der Waals surface area contributed by atoms with E-state index in [0.29, 0.717) is 5.56 Å². The van der Waals surface area contributed by atoms with Crippen LogP contribution in [0.4, 0.5) is 0 Å². The fraction of sp³-hybridized carbons (Fsp3) is 0.111. The van der Waals surface area contributed by atoms with Crippen molar-refractivity contribution in [3.8, 4) is 0 Å². The van der Waals surface area contributed by atoms with Gasteiger partial charge in [0.15, 0.2) is 0 Å². The van der Waals surface area contributed by atoms with Crippen LogP contribution in [0, 0.1) is 0 Å². The smallest absolute Gasteiger partial charge is 0.305 e. The van der Waals surface area contributed by atoms with Gasteiger partial charge >= 0.3 is 5.97 Å². The lowest BCUT2D eigenvalue weighted by atomic mass is 10.0. The number of aromatic amines is 1. The first kappa shape index (κ1) is 14.8. The number of amides is 1. The second-order valence-corrected chi connectivity index (χ2v) is 5.28. The molecule has 0 radical (unpaired) electrons. The normalized spacial score (nSPS) is 12.0. The van der Waals surface area contributed by atoms with Gasteiger partial charge in [-0.25, -0.2) is 0 Å². The summed E-state index contributed by atoms with van der Waals surface area (Å²) in [6, 6.07) is 15.9. The number of para-hydroxylation sites is 1. The van der Waals surface area contributed by atoms with Crippen LogP contribution in [-0.2, 0) is 4.79 Å². The Labute approximate surface area is 133 Å². The second kappa shape index (κ2) is 6.36. The van der Waals surface area contributed by atoms with Crippen LogP contribution in [0.5, 0.6) is 0 Å². The van der Waals surface area contributed by atoms with E-state index >= 15 is 0 Å². The van der Waals surface area contributed by atoms with Gasteiger partial charge in [-0.3, -0.25) is 9.59 Å². The maximum atomic E-state index is 12.6. The molecule has 1 heterocycles. The van der Waals surface area contributed by atoms with Crippen LogP contribution in [0.2, 0.25) is 0 Å². The Balaban J connectivity index is 1.89. The second-order valence-electron chi connectivity index (χ2n) is 5.28. The van der Waals surface area contributed by atoms with Gasteiger partial charge in [0, 0.05) is 11.6 Å². The minimum Gasteiger partial charge on any atom is -0.481 e. The molecule has 1 aromatic heterocycles. The molecule has 3 N–H and O–H groups in total. The van der Waals surface area contributed by atoms with Gasteiger partial charge in [0.05, 0.1) is 23.5 Å². The zero-order chi connectivity index (χ0) is 16.2. The molecule has 0 fully saturated rings. The molecule has 0 aliphatic heterocycles. The van der Waals surface area contributed by atoms with E-state index < -0.39 is 12.0 Å². The largest absolute Gasteiger partial charge is 0.481 e. The molecule has 0 aliphatic carbocycles. The fourth-order valence-corrected chi connectivity index (χ4v) is 2.62. The number of fused-ring (bicyclic) bond motifs is 1. The van der Waals surface area contributed by atoms with E-state index in [2.05, 4.69) is 10.3 Å². The third-order valence-corrected chi connectivity index (χ3v) is 3.72. The van der Waals surface area contributed by atoms with E-state index in [1.807, 2.05) is 42.5 Å². The predicted molar refractivity (Wildman–Crippen MR) is 87.2 cm³/mol. The summed E-state index contributed by atoms with van der Waals surface area (Å²) in [6.07, 6.45) is 1.60. The average molecular weight is 308 g/mol. The number of rotatable bonds is 5. The summed E-state index contributed by atoms with van der Waals surface area (Å²) in [4.78, 5) is 26.8. The van der Waals surface area contributed by atoms with Gasteiger partial charge < -0.3 is 15.4 Å². The first-order valence-electron chi connectivity index (χ1n) is 7.29. The van der Waals surface area contributed by atoms with Crippen molar-refractivity contribution in [3.05, 3.63) is 71.9 Å². The van der Waals surface area contributed by atoms with E-state index in [1.165, 1.54) is 0 Å². The fourth-order valence-electron chi connectivity index (χ4n) is 2.62. The summed E-state index contributed by atoms with van der Waals surface area (Å²) < 4.78 is 0. The molecule has 0 saturated carbocycles. The average Bonchev–Trinajstić information content (AvgIpc) is 3.03. The molecule has 1 atom stereocenters. The summed E-state index contributed by atoms with van der Waals surface area (Å²) in [7, 11) is 0. The number of hydrogen-bond donors (Lipinski definition) is 3. The number of carbonyl (C=O) groups is 2. The van der Waals surface area contributed by atoms with E-state index in [0.717, 1.165) is 16.5 Å². The monoisotopic (exact) mass is 308 g/mol. The highest BCUT2D eigenvalue weighted by molar-refractivity contribution is 6.05. The molecule has 0 saturated heterocycles. The van der Waals surface area contributed by atoms with Crippen molar-refractivity contribution in [1.82, 2.24) is 10.3 Å². The Morgan fingerprint density at radius 1 is 1.04 bits per heavy atom. The van der Waals surface area contributed by atoms with Gasteiger partial charge in [0.1, 0.15) is 0 Å². The highest BCUT2D eigenvalue weighted by Gasteiger charge is 2.20. The number of carbonyl (C=O) groups excluding carboxylic acids is 1. The predicted octanol–water partition coefficient (Wildman–Crippen LogP) is 3.11. The lowest BCUT2D eigenvalue weighted by Gasteiger charge is -2.17. The van der Waals surface area contributed by atoms with E-state index in [1.54, 1.807) is 18.3 Å². The van der Waals surface area contributed by atoms with Crippen molar-refractivity contribution in [2.24, 2.45) is 0 Å². The Hall–Kier alpha value is -3.08. The molecule has 1 amide bonds. The van der Waals surface area contributed by atoms with Crippen molar-refractivity contribution in [2.45, 2.75) is 12.5 Å². The number of aliphatic carboxylic acids is 1. The summed E-state index contributed by atoms with van der Waals surface area (Å²) in [6.45, 7) is 0. The van der Waals surface area contributed by atoms with Crippen LogP contribution in [-0.4, -0.2) is 22.0 Å². The number of carboxylic acids is 1. The van der Waals surface area contributed by atoms with Crippen LogP contribution in [0.25, 0.3) is 10.9 Å². The van der Waals surface area contributed by atoms with Crippen molar-refractivity contribution >= 4 is 22.8 Å². The first-order valence-corrected chi connectivity index (χ1v) is 7.29. The molecular weight excluding hydrogens is 292 g/mol. The molecular formula is C18H16N2O3. The third kappa shape index (κ3) is 3.23. The van der Waals surface area contributed by atoms with Gasteiger partial charge in [-0.2, -0.15) is 0 Å². The van der Waals surface area contributed by atoms with E-state index in [9.17, 15) is 9.59 Å². The van der Waals surface area contributed by atoms with Gasteiger partial charge in [0.2, 0.25) is 0 Å². The summed E-state index contributed by atoms with van der Waals surface area (Å²) in [5, 5.41) is 12.9. The number of H-pyrrole nitrogens is 1. The molecule has 2 aromatic carbocycles. The molecule has 3 rings (SSSR count). The molecule has 5 heteroatoms. The number of carboxylic acid groups (broad SMARTS) is 1. The van der Waals surface area contributed by atoms with Gasteiger partial charge in [-0.15, -0.1) is 0 Å². The Kier molecular flexibility index (Phi) is 4.10. The number of benzene rings is 2.